The van der Waals surface area contributed by atoms with Crippen LogP contribution in [0.4, 0.5) is 0 Å². The van der Waals surface area contributed by atoms with Crippen molar-refractivity contribution >= 4 is 5.91 Å². The maximum atomic E-state index is 12.0. The Morgan fingerprint density at radius 2 is 1.76 bits per heavy atom. The predicted molar refractivity (Wildman–Crippen MR) is 67.6 cm³/mol. The second-order valence-corrected chi connectivity index (χ2v) is 4.70. The van der Waals surface area contributed by atoms with Crippen molar-refractivity contribution < 1.29 is 4.79 Å². The average Bonchev–Trinajstić information content (AvgIpc) is 2.23. The van der Waals surface area contributed by atoms with Crippen LogP contribution in [0.3, 0.4) is 0 Å². The van der Waals surface area contributed by atoms with Crippen LogP contribution in [0.15, 0.2) is 18.2 Å². The van der Waals surface area contributed by atoms with E-state index in [0.29, 0.717) is 5.56 Å². The zero-order valence-electron chi connectivity index (χ0n) is 10.7. The molecule has 0 aliphatic heterocycles. The third-order valence-electron chi connectivity index (χ3n) is 2.58. The zero-order chi connectivity index (χ0) is 13.0. The molecule has 0 fully saturated rings. The van der Waals surface area contributed by atoms with Gasteiger partial charge in [-0.3, -0.25) is 4.79 Å². The number of nitrogens with zero attached hydrogens (tertiary/aromatic N) is 1. The van der Waals surface area contributed by atoms with Gasteiger partial charge >= 0.3 is 0 Å². The summed E-state index contributed by atoms with van der Waals surface area (Å²) in [6, 6.07) is 7.33. The number of carbonyl (C=O) groups is 1. The fourth-order valence-electron chi connectivity index (χ4n) is 1.68. The summed E-state index contributed by atoms with van der Waals surface area (Å²) >= 11 is 0. The molecule has 3 heteroatoms. The summed E-state index contributed by atoms with van der Waals surface area (Å²) in [6.07, 6.45) is 0. The molecule has 0 aromatic heterocycles. The molecular weight excluding hydrogens is 212 g/mol. The molecule has 0 saturated heterocycles. The van der Waals surface area contributed by atoms with E-state index in [1.807, 2.05) is 45.9 Å². The molecule has 0 bridgehead atoms. The Balaban J connectivity index is 2.87. The Bertz CT molecular complexity index is 438. The first-order valence-electron chi connectivity index (χ1n) is 5.73. The lowest BCUT2D eigenvalue weighted by Gasteiger charge is -2.15. The number of carbonyl (C=O) groups excluding carboxylic acids is 1. The van der Waals surface area contributed by atoms with E-state index >= 15 is 0 Å². The zero-order valence-corrected chi connectivity index (χ0v) is 10.7. The molecule has 1 unspecified atom stereocenters. The van der Waals surface area contributed by atoms with Crippen molar-refractivity contribution in [1.29, 1.82) is 5.26 Å². The van der Waals surface area contributed by atoms with Crippen LogP contribution in [0, 0.1) is 31.1 Å². The molecule has 0 aliphatic rings. The molecule has 1 amide bonds. The van der Waals surface area contributed by atoms with Gasteiger partial charge in [0.25, 0.3) is 5.91 Å². The minimum absolute atomic E-state index is 0.106. The van der Waals surface area contributed by atoms with Gasteiger partial charge in [0.1, 0.15) is 6.04 Å². The van der Waals surface area contributed by atoms with Crippen LogP contribution in [0.5, 0.6) is 0 Å². The van der Waals surface area contributed by atoms with E-state index in [0.717, 1.165) is 11.1 Å². The molecule has 1 aromatic rings. The van der Waals surface area contributed by atoms with Gasteiger partial charge < -0.3 is 5.32 Å². The fraction of sp³-hybridized carbons (Fsp3) is 0.429. The Morgan fingerprint density at radius 3 is 2.18 bits per heavy atom. The van der Waals surface area contributed by atoms with E-state index in [2.05, 4.69) is 11.4 Å². The van der Waals surface area contributed by atoms with Gasteiger partial charge in [-0.05, 0) is 31.9 Å². The summed E-state index contributed by atoms with van der Waals surface area (Å²) in [7, 11) is 0. The highest BCUT2D eigenvalue weighted by atomic mass is 16.1. The third-order valence-corrected chi connectivity index (χ3v) is 2.58. The Labute approximate surface area is 102 Å². The number of nitriles is 1. The van der Waals surface area contributed by atoms with Gasteiger partial charge in [-0.1, -0.05) is 31.0 Å². The highest BCUT2D eigenvalue weighted by Crippen LogP contribution is 2.10. The molecule has 1 N–H and O–H groups in total. The molecule has 0 saturated carbocycles. The first-order chi connectivity index (χ1) is 7.93. The van der Waals surface area contributed by atoms with Gasteiger partial charge in [-0.25, -0.2) is 0 Å². The predicted octanol–water partition coefficient (Wildman–Crippen LogP) is 2.58. The Kier molecular flexibility index (Phi) is 4.28. The molecule has 0 aliphatic carbocycles. The van der Waals surface area contributed by atoms with Gasteiger partial charge in [0.2, 0.25) is 0 Å². The van der Waals surface area contributed by atoms with Crippen molar-refractivity contribution in [3.63, 3.8) is 0 Å². The fourth-order valence-corrected chi connectivity index (χ4v) is 1.68. The van der Waals surface area contributed by atoms with Crippen LogP contribution in [0.2, 0.25) is 0 Å². The summed E-state index contributed by atoms with van der Waals surface area (Å²) in [4.78, 5) is 12.0. The van der Waals surface area contributed by atoms with Gasteiger partial charge in [-0.2, -0.15) is 5.26 Å². The van der Waals surface area contributed by atoms with Crippen LogP contribution in [-0.4, -0.2) is 11.9 Å². The molecule has 0 heterocycles. The molecular formula is C14H18N2O. The molecule has 1 aromatic carbocycles. The second kappa shape index (κ2) is 5.49. The number of rotatable bonds is 3. The van der Waals surface area contributed by atoms with Gasteiger partial charge in [-0.15, -0.1) is 0 Å². The monoisotopic (exact) mass is 230 g/mol. The van der Waals surface area contributed by atoms with Crippen molar-refractivity contribution in [3.05, 3.63) is 34.9 Å². The summed E-state index contributed by atoms with van der Waals surface area (Å²) in [6.45, 7) is 7.73. The minimum atomic E-state index is -0.441. The lowest BCUT2D eigenvalue weighted by atomic mass is 10.0. The third kappa shape index (κ3) is 3.60. The van der Waals surface area contributed by atoms with Crippen molar-refractivity contribution in [1.82, 2.24) is 5.32 Å². The molecule has 90 valence electrons. The van der Waals surface area contributed by atoms with E-state index in [-0.39, 0.29) is 11.8 Å². The molecule has 3 nitrogen and oxygen atoms in total. The Hall–Kier alpha value is -1.82. The van der Waals surface area contributed by atoms with Crippen LogP contribution >= 0.6 is 0 Å². The Morgan fingerprint density at radius 1 is 1.24 bits per heavy atom. The molecule has 17 heavy (non-hydrogen) atoms. The smallest absolute Gasteiger partial charge is 0.252 e. The first-order valence-corrected chi connectivity index (χ1v) is 5.73. The highest BCUT2D eigenvalue weighted by Gasteiger charge is 2.16. The largest absolute Gasteiger partial charge is 0.336 e. The molecule has 1 rings (SSSR count). The minimum Gasteiger partial charge on any atom is -0.336 e. The number of hydrogen-bond acceptors (Lipinski definition) is 2. The van der Waals surface area contributed by atoms with E-state index in [4.69, 9.17) is 5.26 Å². The maximum absolute atomic E-state index is 12.0. The van der Waals surface area contributed by atoms with Crippen LogP contribution in [-0.2, 0) is 0 Å². The van der Waals surface area contributed by atoms with Gasteiger partial charge in [0.15, 0.2) is 0 Å². The van der Waals surface area contributed by atoms with E-state index < -0.39 is 6.04 Å². The van der Waals surface area contributed by atoms with Crippen LogP contribution in [0.25, 0.3) is 0 Å². The second-order valence-electron chi connectivity index (χ2n) is 4.70. The first kappa shape index (κ1) is 13.2. The highest BCUT2D eigenvalue weighted by molar-refractivity contribution is 5.95. The topological polar surface area (TPSA) is 52.9 Å². The lowest BCUT2D eigenvalue weighted by molar-refractivity contribution is 0.0937. The van der Waals surface area contributed by atoms with Crippen molar-refractivity contribution in [2.75, 3.05) is 0 Å². The number of hydrogen-bond donors (Lipinski definition) is 1. The summed E-state index contributed by atoms with van der Waals surface area (Å²) in [5.41, 5.74) is 2.71. The summed E-state index contributed by atoms with van der Waals surface area (Å²) < 4.78 is 0. The normalized spacial score (nSPS) is 12.0. The standard InChI is InChI=1S/C14H18N2O/c1-9(2)13(8-15)16-14(17)12-6-10(3)5-11(4)7-12/h5-7,9,13H,1-4H3,(H,16,17). The SMILES string of the molecule is Cc1cc(C)cc(C(=O)NC(C#N)C(C)C)c1. The molecule has 0 spiro atoms. The van der Waals surface area contributed by atoms with E-state index in [9.17, 15) is 4.79 Å². The van der Waals surface area contributed by atoms with Gasteiger partial charge in [0, 0.05) is 5.56 Å². The van der Waals surface area contributed by atoms with Gasteiger partial charge in [0.05, 0.1) is 6.07 Å². The van der Waals surface area contributed by atoms with Crippen LogP contribution < -0.4 is 5.32 Å². The summed E-state index contributed by atoms with van der Waals surface area (Å²) in [5, 5.41) is 11.7. The average molecular weight is 230 g/mol. The number of amides is 1. The lowest BCUT2D eigenvalue weighted by Crippen LogP contribution is -2.37. The summed E-state index contributed by atoms with van der Waals surface area (Å²) in [5.74, 6) is -0.0769. The number of nitrogens with one attached hydrogen (secondary N) is 1. The quantitative estimate of drug-likeness (QED) is 0.867. The number of aryl methyl sites for hydroxylation is 2. The van der Waals surface area contributed by atoms with E-state index in [1.165, 1.54) is 0 Å². The van der Waals surface area contributed by atoms with Crippen LogP contribution in [0.1, 0.15) is 35.3 Å². The van der Waals surface area contributed by atoms with Crippen molar-refractivity contribution in [2.24, 2.45) is 5.92 Å². The molecule has 0 radical (unpaired) electrons. The van der Waals surface area contributed by atoms with Crippen molar-refractivity contribution in [2.45, 2.75) is 33.7 Å². The maximum Gasteiger partial charge on any atom is 0.252 e. The van der Waals surface area contributed by atoms with Crippen molar-refractivity contribution in [3.8, 4) is 6.07 Å². The molecule has 1 atom stereocenters. The van der Waals surface area contributed by atoms with E-state index in [1.54, 1.807) is 0 Å². The number of benzene rings is 1.